The Bertz CT molecular complexity index is 361. The fourth-order valence-corrected chi connectivity index (χ4v) is 1.29. The van der Waals surface area contributed by atoms with E-state index in [0.29, 0.717) is 14.3 Å². The topological polar surface area (TPSA) is 36.5 Å². The van der Waals surface area contributed by atoms with Crippen LogP contribution in [0.15, 0.2) is 0 Å². The van der Waals surface area contributed by atoms with Gasteiger partial charge in [-0.2, -0.15) is 0 Å². The van der Waals surface area contributed by atoms with Crippen LogP contribution in [0, 0.1) is 14.3 Å². The maximum absolute atomic E-state index is 4.81. The van der Waals surface area contributed by atoms with Crippen molar-refractivity contribution >= 4 is 49.5 Å². The summed E-state index contributed by atoms with van der Waals surface area (Å²) in [6.07, 6.45) is 0. The molecule has 1 aromatic heterocycles. The van der Waals surface area contributed by atoms with Gasteiger partial charge in [0.05, 0.1) is 0 Å². The Morgan fingerprint density at radius 1 is 1.10 bits per heavy atom. The number of H-pyrrole nitrogens is 2. The van der Waals surface area contributed by atoms with E-state index in [1.807, 2.05) is 0 Å². The molecule has 3 nitrogen and oxygen atoms in total. The Morgan fingerprint density at radius 3 is 1.90 bits per heavy atom. The summed E-state index contributed by atoms with van der Waals surface area (Å²) in [5.41, 5.74) is 0. The van der Waals surface area contributed by atoms with Crippen LogP contribution in [0.4, 0.5) is 0 Å². The minimum Gasteiger partial charge on any atom is -0.308 e. The van der Waals surface area contributed by atoms with Gasteiger partial charge in [0, 0.05) is 0 Å². The zero-order valence-corrected chi connectivity index (χ0v) is 7.96. The molecular formula is C3H3N3S4. The Kier molecular flexibility index (Phi) is 2.40. The van der Waals surface area contributed by atoms with E-state index in [0.717, 1.165) is 0 Å². The third-order valence-electron chi connectivity index (χ3n) is 0.826. The van der Waals surface area contributed by atoms with Crippen molar-refractivity contribution < 1.29 is 0 Å². The van der Waals surface area contributed by atoms with E-state index in [1.54, 1.807) is 0 Å². The lowest BCUT2D eigenvalue weighted by Crippen LogP contribution is -1.94. The highest BCUT2D eigenvalue weighted by atomic mass is 32.1. The lowest BCUT2D eigenvalue weighted by Gasteiger charge is -1.94. The summed E-state index contributed by atoms with van der Waals surface area (Å²) < 4.78 is 2.55. The quantitative estimate of drug-likeness (QED) is 0.452. The highest BCUT2D eigenvalue weighted by Gasteiger charge is 1.86. The molecule has 0 bridgehead atoms. The fourth-order valence-electron chi connectivity index (χ4n) is 0.424. The normalized spacial score (nSPS) is 9.70. The first-order chi connectivity index (χ1) is 4.61. The van der Waals surface area contributed by atoms with Crippen LogP contribution < -0.4 is 0 Å². The van der Waals surface area contributed by atoms with Gasteiger partial charge in [-0.15, -0.1) is 0 Å². The molecule has 0 atom stereocenters. The number of aromatic amines is 2. The zero-order valence-electron chi connectivity index (χ0n) is 4.62. The van der Waals surface area contributed by atoms with Gasteiger partial charge in [-0.25, -0.2) is 3.97 Å². The standard InChI is InChI=1S/C3H3N3S4/c7-1-4-2(8)6(10)3(9)5-1/h10H,(H2,4,5,7,8,9). The zero-order chi connectivity index (χ0) is 7.72. The van der Waals surface area contributed by atoms with Crippen molar-refractivity contribution in [1.82, 2.24) is 13.9 Å². The summed E-state index contributed by atoms with van der Waals surface area (Å²) in [5.74, 6) is 0. The maximum atomic E-state index is 4.81. The predicted molar refractivity (Wildman–Crippen MR) is 50.0 cm³/mol. The summed E-state index contributed by atoms with van der Waals surface area (Å²) in [7, 11) is 0. The van der Waals surface area contributed by atoms with Crippen LogP contribution in [0.3, 0.4) is 0 Å². The van der Waals surface area contributed by atoms with E-state index in [1.165, 1.54) is 3.97 Å². The van der Waals surface area contributed by atoms with E-state index in [9.17, 15) is 0 Å². The van der Waals surface area contributed by atoms with Gasteiger partial charge in [0.2, 0.25) is 0 Å². The van der Waals surface area contributed by atoms with E-state index < -0.39 is 0 Å². The molecule has 2 N–H and O–H groups in total. The SMILES string of the molecule is S=c1[nH]c(=S)n(S)c(=S)[nH]1. The molecule has 1 aromatic rings. The molecular weight excluding hydrogens is 206 g/mol. The number of hydrogen-bond acceptors (Lipinski definition) is 4. The summed E-state index contributed by atoms with van der Waals surface area (Å²) in [4.78, 5) is 5.35. The van der Waals surface area contributed by atoms with Crippen molar-refractivity contribution in [1.29, 1.82) is 0 Å². The number of thiol groups is 1. The summed E-state index contributed by atoms with van der Waals surface area (Å²) in [6.45, 7) is 0. The van der Waals surface area contributed by atoms with Crippen LogP contribution in [-0.4, -0.2) is 13.9 Å². The summed E-state index contributed by atoms with van der Waals surface area (Å²) >= 11 is 18.3. The molecule has 0 aliphatic rings. The first-order valence-corrected chi connectivity index (χ1v) is 3.88. The van der Waals surface area contributed by atoms with Crippen molar-refractivity contribution in [3.05, 3.63) is 14.3 Å². The third-order valence-corrected chi connectivity index (χ3v) is 2.27. The van der Waals surface area contributed by atoms with Gasteiger partial charge in [-0.3, -0.25) is 0 Å². The molecule has 7 heteroatoms. The van der Waals surface area contributed by atoms with Crippen molar-refractivity contribution in [3.63, 3.8) is 0 Å². The van der Waals surface area contributed by atoms with Gasteiger partial charge in [-0.1, -0.05) is 12.8 Å². The predicted octanol–water partition coefficient (Wildman–Crippen LogP) is 2.03. The third kappa shape index (κ3) is 1.54. The van der Waals surface area contributed by atoms with Gasteiger partial charge in [0.25, 0.3) is 0 Å². The van der Waals surface area contributed by atoms with Crippen LogP contribution in [0.1, 0.15) is 0 Å². The second kappa shape index (κ2) is 2.95. The summed E-state index contributed by atoms with van der Waals surface area (Å²) in [5, 5.41) is 0. The largest absolute Gasteiger partial charge is 0.308 e. The highest BCUT2D eigenvalue weighted by Crippen LogP contribution is 1.92. The first kappa shape index (κ1) is 8.12. The maximum Gasteiger partial charge on any atom is 0.191 e. The molecule has 0 radical (unpaired) electrons. The van der Waals surface area contributed by atoms with Crippen LogP contribution in [0.2, 0.25) is 0 Å². The summed E-state index contributed by atoms with van der Waals surface area (Å²) in [6, 6.07) is 0. The Morgan fingerprint density at radius 2 is 1.50 bits per heavy atom. The Balaban J connectivity index is 3.80. The molecule has 0 saturated heterocycles. The number of nitrogens with one attached hydrogen (secondary N) is 2. The lowest BCUT2D eigenvalue weighted by molar-refractivity contribution is 0.947. The van der Waals surface area contributed by atoms with Crippen LogP contribution in [-0.2, 0) is 0 Å². The van der Waals surface area contributed by atoms with Gasteiger partial charge >= 0.3 is 0 Å². The smallest absolute Gasteiger partial charge is 0.191 e. The second-order valence-corrected chi connectivity index (χ2v) is 3.08. The number of aromatic nitrogens is 3. The number of hydrogen-bond donors (Lipinski definition) is 3. The van der Waals surface area contributed by atoms with Gasteiger partial charge in [0.1, 0.15) is 0 Å². The number of nitrogens with zero attached hydrogens (tertiary/aromatic N) is 1. The van der Waals surface area contributed by atoms with Crippen molar-refractivity contribution in [3.8, 4) is 0 Å². The van der Waals surface area contributed by atoms with Crippen molar-refractivity contribution in [2.24, 2.45) is 0 Å². The molecule has 0 aromatic carbocycles. The Labute approximate surface area is 77.7 Å². The highest BCUT2D eigenvalue weighted by molar-refractivity contribution is 7.80. The fraction of sp³-hybridized carbons (Fsp3) is 0. The molecule has 0 saturated carbocycles. The van der Waals surface area contributed by atoms with E-state index in [-0.39, 0.29) is 0 Å². The van der Waals surface area contributed by atoms with Crippen molar-refractivity contribution in [2.45, 2.75) is 0 Å². The Hall–Kier alpha value is 0.0200. The first-order valence-electron chi connectivity index (χ1n) is 2.26. The minimum absolute atomic E-state index is 0.400. The van der Waals surface area contributed by atoms with E-state index in [4.69, 9.17) is 36.7 Å². The molecule has 54 valence electrons. The molecule has 1 rings (SSSR count). The molecule has 0 fully saturated rings. The molecule has 0 aliphatic heterocycles. The molecule has 0 aliphatic carbocycles. The average molecular weight is 209 g/mol. The average Bonchev–Trinajstić information content (AvgIpc) is 1.82. The van der Waals surface area contributed by atoms with Crippen molar-refractivity contribution in [2.75, 3.05) is 0 Å². The van der Waals surface area contributed by atoms with Crippen LogP contribution in [0.25, 0.3) is 0 Å². The molecule has 0 amide bonds. The van der Waals surface area contributed by atoms with E-state index >= 15 is 0 Å². The molecule has 1 heterocycles. The van der Waals surface area contributed by atoms with Gasteiger partial charge in [0.15, 0.2) is 14.3 Å². The molecule has 0 unspecified atom stereocenters. The minimum atomic E-state index is 0.400. The lowest BCUT2D eigenvalue weighted by atomic mass is 11.1. The molecule has 0 spiro atoms. The molecule has 10 heavy (non-hydrogen) atoms. The second-order valence-electron chi connectivity index (χ2n) is 1.50. The van der Waals surface area contributed by atoms with Gasteiger partial charge < -0.3 is 9.97 Å². The van der Waals surface area contributed by atoms with Crippen LogP contribution >= 0.6 is 49.5 Å². The van der Waals surface area contributed by atoms with Gasteiger partial charge in [-0.05, 0) is 36.7 Å². The number of rotatable bonds is 0. The van der Waals surface area contributed by atoms with E-state index in [2.05, 4.69) is 22.8 Å². The van der Waals surface area contributed by atoms with Crippen LogP contribution in [0.5, 0.6) is 0 Å². The monoisotopic (exact) mass is 209 g/mol.